The van der Waals surface area contributed by atoms with Crippen LogP contribution in [-0.2, 0) is 0 Å². The highest BCUT2D eigenvalue weighted by atomic mass is 16.2. The van der Waals surface area contributed by atoms with Crippen molar-refractivity contribution in [2.45, 2.75) is 44.7 Å². The Labute approximate surface area is 114 Å². The number of hydrogen-bond acceptors (Lipinski definition) is 3. The van der Waals surface area contributed by atoms with Gasteiger partial charge in [0.2, 0.25) is 0 Å². The van der Waals surface area contributed by atoms with Crippen LogP contribution in [0.1, 0.15) is 49.1 Å². The van der Waals surface area contributed by atoms with Crippen molar-refractivity contribution in [2.24, 2.45) is 0 Å². The lowest BCUT2D eigenvalue weighted by atomic mass is 10.1. The summed E-state index contributed by atoms with van der Waals surface area (Å²) < 4.78 is 1.96. The molecule has 5 nitrogen and oxygen atoms in total. The van der Waals surface area contributed by atoms with Crippen LogP contribution in [0.5, 0.6) is 0 Å². The Kier molecular flexibility index (Phi) is 3.55. The molecule has 2 aliphatic rings. The molecule has 1 amide bonds. The van der Waals surface area contributed by atoms with Crippen LogP contribution in [0.15, 0.2) is 12.3 Å². The molecule has 1 saturated carbocycles. The minimum Gasteiger partial charge on any atom is -0.335 e. The number of nitrogens with one attached hydrogen (secondary N) is 1. The molecule has 5 heteroatoms. The first-order valence-corrected chi connectivity index (χ1v) is 7.36. The fourth-order valence-electron chi connectivity index (χ4n) is 2.82. The van der Waals surface area contributed by atoms with Gasteiger partial charge in [0, 0.05) is 25.3 Å². The number of aromatic nitrogens is 2. The van der Waals surface area contributed by atoms with Gasteiger partial charge < -0.3 is 10.2 Å². The summed E-state index contributed by atoms with van der Waals surface area (Å²) in [4.78, 5) is 14.3. The van der Waals surface area contributed by atoms with Crippen molar-refractivity contribution >= 4 is 5.91 Å². The SMILES string of the molecule is CCN(C(=O)c1ccn(C2CCCNC2)n1)C1CC1. The van der Waals surface area contributed by atoms with E-state index in [9.17, 15) is 4.79 Å². The van der Waals surface area contributed by atoms with Crippen LogP contribution >= 0.6 is 0 Å². The van der Waals surface area contributed by atoms with E-state index in [-0.39, 0.29) is 5.91 Å². The molecule has 1 aromatic rings. The Morgan fingerprint density at radius 3 is 3.00 bits per heavy atom. The fraction of sp³-hybridized carbons (Fsp3) is 0.714. The first-order valence-electron chi connectivity index (χ1n) is 7.36. The van der Waals surface area contributed by atoms with Gasteiger partial charge in [0.15, 0.2) is 0 Å². The Morgan fingerprint density at radius 1 is 1.53 bits per heavy atom. The molecule has 0 radical (unpaired) electrons. The summed E-state index contributed by atoms with van der Waals surface area (Å²) in [6, 6.07) is 2.72. The Balaban J connectivity index is 1.71. The van der Waals surface area contributed by atoms with Crippen LogP contribution in [-0.4, -0.2) is 46.3 Å². The summed E-state index contributed by atoms with van der Waals surface area (Å²) in [6.45, 7) is 4.86. The van der Waals surface area contributed by atoms with Gasteiger partial charge in [0.1, 0.15) is 5.69 Å². The van der Waals surface area contributed by atoms with Crippen LogP contribution < -0.4 is 5.32 Å². The smallest absolute Gasteiger partial charge is 0.274 e. The zero-order valence-electron chi connectivity index (χ0n) is 11.5. The predicted molar refractivity (Wildman–Crippen MR) is 73.1 cm³/mol. The Morgan fingerprint density at radius 2 is 2.37 bits per heavy atom. The lowest BCUT2D eigenvalue weighted by Crippen LogP contribution is -2.34. The van der Waals surface area contributed by atoms with Crippen LogP contribution in [0.2, 0.25) is 0 Å². The van der Waals surface area contributed by atoms with E-state index in [0.29, 0.717) is 17.8 Å². The topological polar surface area (TPSA) is 50.2 Å². The average Bonchev–Trinajstić information content (AvgIpc) is 3.16. The molecule has 19 heavy (non-hydrogen) atoms. The predicted octanol–water partition coefficient (Wildman–Crippen LogP) is 1.43. The van der Waals surface area contributed by atoms with E-state index in [1.54, 1.807) is 0 Å². The molecule has 1 aliphatic carbocycles. The molecule has 0 aromatic carbocycles. The van der Waals surface area contributed by atoms with Crippen molar-refractivity contribution in [1.82, 2.24) is 20.0 Å². The maximum atomic E-state index is 12.4. The zero-order valence-corrected chi connectivity index (χ0v) is 11.5. The van der Waals surface area contributed by atoms with Gasteiger partial charge in [-0.15, -0.1) is 0 Å². The molecule has 0 spiro atoms. The van der Waals surface area contributed by atoms with E-state index in [1.165, 1.54) is 6.42 Å². The van der Waals surface area contributed by atoms with Gasteiger partial charge in [-0.2, -0.15) is 5.10 Å². The fourth-order valence-corrected chi connectivity index (χ4v) is 2.82. The van der Waals surface area contributed by atoms with Gasteiger partial charge >= 0.3 is 0 Å². The van der Waals surface area contributed by atoms with Crippen molar-refractivity contribution in [2.75, 3.05) is 19.6 Å². The molecule has 1 unspecified atom stereocenters. The summed E-state index contributed by atoms with van der Waals surface area (Å²) in [6.07, 6.45) is 6.56. The van der Waals surface area contributed by atoms with Crippen LogP contribution in [0.25, 0.3) is 0 Å². The van der Waals surface area contributed by atoms with E-state index in [4.69, 9.17) is 0 Å². The third-order valence-electron chi connectivity index (χ3n) is 4.06. The second-order valence-electron chi connectivity index (χ2n) is 5.50. The average molecular weight is 262 g/mol. The summed E-state index contributed by atoms with van der Waals surface area (Å²) >= 11 is 0. The van der Waals surface area contributed by atoms with Gasteiger partial charge in [-0.05, 0) is 45.2 Å². The number of piperidine rings is 1. The normalized spacial score (nSPS) is 23.3. The van der Waals surface area contributed by atoms with Gasteiger partial charge in [0.25, 0.3) is 5.91 Å². The molecule has 1 aliphatic heterocycles. The molecule has 2 fully saturated rings. The van der Waals surface area contributed by atoms with E-state index in [1.807, 2.05) is 28.8 Å². The monoisotopic (exact) mass is 262 g/mol. The summed E-state index contributed by atoms with van der Waals surface area (Å²) in [7, 11) is 0. The molecule has 0 bridgehead atoms. The number of amides is 1. The first kappa shape index (κ1) is 12.7. The molecule has 2 heterocycles. The number of nitrogens with zero attached hydrogens (tertiary/aromatic N) is 3. The zero-order chi connectivity index (χ0) is 13.2. The van der Waals surface area contributed by atoms with E-state index in [0.717, 1.165) is 38.9 Å². The maximum Gasteiger partial charge on any atom is 0.274 e. The van der Waals surface area contributed by atoms with Crippen molar-refractivity contribution in [3.05, 3.63) is 18.0 Å². The lowest BCUT2D eigenvalue weighted by Gasteiger charge is -2.23. The largest absolute Gasteiger partial charge is 0.335 e. The van der Waals surface area contributed by atoms with Crippen LogP contribution in [0, 0.1) is 0 Å². The minimum atomic E-state index is 0.0903. The Hall–Kier alpha value is -1.36. The van der Waals surface area contributed by atoms with E-state index >= 15 is 0 Å². The van der Waals surface area contributed by atoms with Crippen molar-refractivity contribution in [3.8, 4) is 0 Å². The van der Waals surface area contributed by atoms with E-state index in [2.05, 4.69) is 10.4 Å². The van der Waals surface area contributed by atoms with Gasteiger partial charge in [-0.3, -0.25) is 9.48 Å². The molecular weight excluding hydrogens is 240 g/mol. The van der Waals surface area contributed by atoms with Gasteiger partial charge in [-0.25, -0.2) is 0 Å². The standard InChI is InChI=1S/C14H22N4O/c1-2-17(11-5-6-11)14(19)13-7-9-18(16-13)12-4-3-8-15-10-12/h7,9,11-12,15H,2-6,8,10H2,1H3. The van der Waals surface area contributed by atoms with Crippen LogP contribution in [0.4, 0.5) is 0 Å². The van der Waals surface area contributed by atoms with E-state index < -0.39 is 0 Å². The quantitative estimate of drug-likeness (QED) is 0.893. The molecule has 1 atom stereocenters. The molecule has 1 N–H and O–H groups in total. The van der Waals surface area contributed by atoms with Gasteiger partial charge in [0.05, 0.1) is 6.04 Å². The Bertz CT molecular complexity index is 446. The van der Waals surface area contributed by atoms with Gasteiger partial charge in [-0.1, -0.05) is 0 Å². The van der Waals surface area contributed by atoms with Crippen LogP contribution in [0.3, 0.4) is 0 Å². The maximum absolute atomic E-state index is 12.4. The van der Waals surface area contributed by atoms with Crippen molar-refractivity contribution < 1.29 is 4.79 Å². The highest BCUT2D eigenvalue weighted by Gasteiger charge is 2.32. The third-order valence-corrected chi connectivity index (χ3v) is 4.06. The second-order valence-corrected chi connectivity index (χ2v) is 5.50. The van der Waals surface area contributed by atoms with Crippen molar-refractivity contribution in [1.29, 1.82) is 0 Å². The number of hydrogen-bond donors (Lipinski definition) is 1. The molecule has 104 valence electrons. The molecule has 1 saturated heterocycles. The number of carbonyl (C=O) groups is 1. The highest BCUT2D eigenvalue weighted by Crippen LogP contribution is 2.27. The summed E-state index contributed by atoms with van der Waals surface area (Å²) in [5.74, 6) is 0.0903. The third kappa shape index (κ3) is 2.66. The second kappa shape index (κ2) is 5.33. The van der Waals surface area contributed by atoms with Crippen molar-refractivity contribution in [3.63, 3.8) is 0 Å². The summed E-state index contributed by atoms with van der Waals surface area (Å²) in [5, 5.41) is 7.88. The number of carbonyl (C=O) groups excluding carboxylic acids is 1. The first-order chi connectivity index (χ1) is 9.29. The number of rotatable bonds is 4. The minimum absolute atomic E-state index is 0.0903. The highest BCUT2D eigenvalue weighted by molar-refractivity contribution is 5.92. The lowest BCUT2D eigenvalue weighted by molar-refractivity contribution is 0.0745. The molecule has 3 rings (SSSR count). The molecule has 1 aromatic heterocycles. The molecular formula is C14H22N4O. The summed E-state index contributed by atoms with van der Waals surface area (Å²) in [5.41, 5.74) is 0.597.